The van der Waals surface area contributed by atoms with Gasteiger partial charge in [-0.05, 0) is 30.7 Å². The van der Waals surface area contributed by atoms with Crippen molar-refractivity contribution < 1.29 is 19.3 Å². The Morgan fingerprint density at radius 3 is 2.53 bits per heavy atom. The van der Waals surface area contributed by atoms with Crippen molar-refractivity contribution in [1.82, 2.24) is 0 Å². The number of anilines is 2. The molecule has 2 heterocycles. The van der Waals surface area contributed by atoms with Crippen LogP contribution in [0.3, 0.4) is 0 Å². The monoisotopic (exact) mass is 426 g/mol. The topological polar surface area (TPSA) is 113 Å². The fraction of sp³-hybridized carbons (Fsp3) is 0.200. The molecule has 0 N–H and O–H groups in total. The molecule has 30 heavy (non-hydrogen) atoms. The highest BCUT2D eigenvalue weighted by Crippen LogP contribution is 2.40. The van der Waals surface area contributed by atoms with Crippen molar-refractivity contribution in [2.24, 2.45) is 11.0 Å². The van der Waals surface area contributed by atoms with E-state index in [0.29, 0.717) is 16.3 Å². The van der Waals surface area contributed by atoms with E-state index in [0.717, 1.165) is 4.90 Å². The Bertz CT molecular complexity index is 1160. The summed E-state index contributed by atoms with van der Waals surface area (Å²) in [6.45, 7) is 2.95. The fourth-order valence-electron chi connectivity index (χ4n) is 3.74. The van der Waals surface area contributed by atoms with Gasteiger partial charge in [-0.2, -0.15) is 5.10 Å². The van der Waals surface area contributed by atoms with Gasteiger partial charge in [-0.25, -0.2) is 4.90 Å². The summed E-state index contributed by atoms with van der Waals surface area (Å²) in [6.07, 6.45) is 0. The molecule has 2 atom stereocenters. The number of non-ortho nitro benzene ring substituents is 1. The lowest BCUT2D eigenvalue weighted by atomic mass is 9.95. The van der Waals surface area contributed by atoms with Crippen molar-refractivity contribution in [2.75, 3.05) is 9.91 Å². The molecule has 0 aliphatic carbocycles. The van der Waals surface area contributed by atoms with Crippen molar-refractivity contribution in [2.45, 2.75) is 19.9 Å². The van der Waals surface area contributed by atoms with Crippen LogP contribution in [0.1, 0.15) is 12.5 Å². The largest absolute Gasteiger partial charge is 0.293 e. The molecular weight excluding hydrogens is 412 g/mol. The average molecular weight is 427 g/mol. The van der Waals surface area contributed by atoms with Crippen LogP contribution in [0.15, 0.2) is 47.6 Å². The summed E-state index contributed by atoms with van der Waals surface area (Å²) in [7, 11) is 0. The Balaban J connectivity index is 1.83. The number of benzene rings is 2. The van der Waals surface area contributed by atoms with Crippen LogP contribution in [-0.2, 0) is 14.4 Å². The van der Waals surface area contributed by atoms with Crippen molar-refractivity contribution in [1.29, 1.82) is 0 Å². The molecule has 2 aromatic rings. The second-order valence-electron chi connectivity index (χ2n) is 6.98. The first kappa shape index (κ1) is 19.7. The van der Waals surface area contributed by atoms with Gasteiger partial charge in [0, 0.05) is 24.1 Å². The first-order valence-electron chi connectivity index (χ1n) is 8.98. The lowest BCUT2D eigenvalue weighted by molar-refractivity contribution is -0.384. The molecule has 10 heteroatoms. The summed E-state index contributed by atoms with van der Waals surface area (Å²) in [5.41, 5.74) is 0.848. The highest BCUT2D eigenvalue weighted by atomic mass is 35.5. The van der Waals surface area contributed by atoms with Crippen LogP contribution in [0.4, 0.5) is 17.1 Å². The van der Waals surface area contributed by atoms with Gasteiger partial charge in [-0.3, -0.25) is 29.5 Å². The third kappa shape index (κ3) is 2.86. The number of carbonyl (C=O) groups is 3. The number of ketones is 1. The van der Waals surface area contributed by atoms with Crippen LogP contribution in [0.5, 0.6) is 0 Å². The Kier molecular flexibility index (Phi) is 4.62. The number of hydrogen-bond donors (Lipinski definition) is 0. The molecule has 0 radical (unpaired) electrons. The van der Waals surface area contributed by atoms with Crippen LogP contribution in [0, 0.1) is 23.0 Å². The lowest BCUT2D eigenvalue weighted by Gasteiger charge is -2.22. The number of hydrazone groups is 1. The van der Waals surface area contributed by atoms with Gasteiger partial charge in [0.05, 0.1) is 16.3 Å². The Labute approximate surface area is 175 Å². The van der Waals surface area contributed by atoms with Crippen LogP contribution in [-0.4, -0.2) is 34.3 Å². The number of rotatable bonds is 4. The molecule has 2 aliphatic heterocycles. The minimum Gasteiger partial charge on any atom is -0.293 e. The number of nitro benzene ring substituents is 1. The summed E-state index contributed by atoms with van der Waals surface area (Å²) >= 11 is 6.16. The minimum absolute atomic E-state index is 0.0629. The standard InChI is InChI=1S/C20H15ClN4O5/c1-10-14(21)7-4-8-15(10)23-19(27)16-17(11(2)26)22-24(18(16)20(23)28)12-5-3-6-13(9-12)25(29)30/h3-9,16,18H,1-2H3/t16-,18+/m0/s1. The van der Waals surface area contributed by atoms with Crippen molar-refractivity contribution in [3.8, 4) is 0 Å². The van der Waals surface area contributed by atoms with Gasteiger partial charge in [0.25, 0.3) is 11.6 Å². The number of carbonyl (C=O) groups excluding carboxylic acids is 3. The molecule has 152 valence electrons. The number of nitrogens with zero attached hydrogens (tertiary/aromatic N) is 4. The minimum atomic E-state index is -1.11. The van der Waals surface area contributed by atoms with E-state index in [4.69, 9.17) is 11.6 Å². The first-order valence-corrected chi connectivity index (χ1v) is 9.36. The summed E-state index contributed by atoms with van der Waals surface area (Å²) < 4.78 is 0. The van der Waals surface area contributed by atoms with E-state index in [2.05, 4.69) is 5.10 Å². The zero-order valence-electron chi connectivity index (χ0n) is 15.9. The fourth-order valence-corrected chi connectivity index (χ4v) is 3.91. The van der Waals surface area contributed by atoms with Crippen LogP contribution in [0.2, 0.25) is 5.02 Å². The zero-order chi connectivity index (χ0) is 21.7. The predicted octanol–water partition coefficient (Wildman–Crippen LogP) is 2.88. The number of Topliss-reactive ketones (excluding diaryl/α,β-unsaturated/α-hetero) is 1. The Hall–Kier alpha value is -3.59. The van der Waals surface area contributed by atoms with Gasteiger partial charge in [-0.1, -0.05) is 23.7 Å². The number of amides is 2. The second kappa shape index (κ2) is 7.03. The van der Waals surface area contributed by atoms with Gasteiger partial charge in [0.15, 0.2) is 5.78 Å². The maximum atomic E-state index is 13.3. The van der Waals surface area contributed by atoms with E-state index in [1.807, 2.05) is 0 Å². The first-order chi connectivity index (χ1) is 14.2. The highest BCUT2D eigenvalue weighted by Gasteiger charge is 2.58. The summed E-state index contributed by atoms with van der Waals surface area (Å²) in [5.74, 6) is -2.73. The number of fused-ring (bicyclic) bond motifs is 1. The van der Waals surface area contributed by atoms with Gasteiger partial charge >= 0.3 is 0 Å². The number of hydrogen-bond acceptors (Lipinski definition) is 7. The predicted molar refractivity (Wildman–Crippen MR) is 110 cm³/mol. The molecule has 0 spiro atoms. The van der Waals surface area contributed by atoms with Gasteiger partial charge in [0.1, 0.15) is 17.7 Å². The molecule has 2 amide bonds. The zero-order valence-corrected chi connectivity index (χ0v) is 16.7. The quantitative estimate of drug-likeness (QED) is 0.422. The molecule has 4 rings (SSSR count). The van der Waals surface area contributed by atoms with Gasteiger partial charge in [0.2, 0.25) is 5.91 Å². The molecule has 9 nitrogen and oxygen atoms in total. The smallest absolute Gasteiger partial charge is 0.271 e. The van der Waals surface area contributed by atoms with Crippen molar-refractivity contribution in [3.63, 3.8) is 0 Å². The normalized spacial score (nSPS) is 20.4. The second-order valence-corrected chi connectivity index (χ2v) is 7.39. The summed E-state index contributed by atoms with van der Waals surface area (Å²) in [6, 6.07) is 9.27. The maximum Gasteiger partial charge on any atom is 0.271 e. The molecule has 0 aromatic heterocycles. The molecule has 2 aromatic carbocycles. The summed E-state index contributed by atoms with van der Waals surface area (Å²) in [4.78, 5) is 50.3. The third-order valence-corrected chi connectivity index (χ3v) is 5.60. The van der Waals surface area contributed by atoms with Gasteiger partial charge < -0.3 is 0 Å². The van der Waals surface area contributed by atoms with E-state index in [-0.39, 0.29) is 17.1 Å². The molecule has 0 bridgehead atoms. The molecule has 0 saturated carbocycles. The van der Waals surface area contributed by atoms with Crippen LogP contribution in [0.25, 0.3) is 0 Å². The van der Waals surface area contributed by atoms with E-state index in [1.54, 1.807) is 25.1 Å². The molecular formula is C20H15ClN4O5. The Morgan fingerprint density at radius 2 is 1.87 bits per heavy atom. The Morgan fingerprint density at radius 1 is 1.17 bits per heavy atom. The molecule has 1 saturated heterocycles. The number of nitro groups is 1. The number of halogens is 1. The van der Waals surface area contributed by atoms with E-state index in [9.17, 15) is 24.5 Å². The van der Waals surface area contributed by atoms with Crippen molar-refractivity contribution in [3.05, 3.63) is 63.2 Å². The van der Waals surface area contributed by atoms with Crippen molar-refractivity contribution >= 4 is 52.0 Å². The van der Waals surface area contributed by atoms with Gasteiger partial charge in [-0.15, -0.1) is 0 Å². The third-order valence-electron chi connectivity index (χ3n) is 5.19. The maximum absolute atomic E-state index is 13.3. The van der Waals surface area contributed by atoms with Crippen LogP contribution < -0.4 is 9.91 Å². The highest BCUT2D eigenvalue weighted by molar-refractivity contribution is 6.49. The SMILES string of the molecule is CC(=O)C1=NN(c2cccc([N+](=O)[O-])c2)[C@H]2C(=O)N(c3cccc(Cl)c3C)C(=O)[C@@H]12. The summed E-state index contributed by atoms with van der Waals surface area (Å²) in [5, 5.41) is 16.9. The lowest BCUT2D eigenvalue weighted by Crippen LogP contribution is -2.39. The number of imide groups is 1. The van der Waals surface area contributed by atoms with Crippen LogP contribution >= 0.6 is 11.6 Å². The molecule has 2 aliphatic rings. The van der Waals surface area contributed by atoms with E-state index < -0.39 is 34.5 Å². The average Bonchev–Trinajstić information content (AvgIpc) is 3.22. The van der Waals surface area contributed by atoms with E-state index >= 15 is 0 Å². The molecule has 0 unspecified atom stereocenters. The molecule has 1 fully saturated rings. The van der Waals surface area contributed by atoms with E-state index in [1.165, 1.54) is 36.2 Å².